The molecule has 0 radical (unpaired) electrons. The Kier molecular flexibility index (Phi) is 8.58. The van der Waals surface area contributed by atoms with Gasteiger partial charge >= 0.3 is 0 Å². The summed E-state index contributed by atoms with van der Waals surface area (Å²) in [5.41, 5.74) is 2.68. The molecular formula is C23H32N4O4. The van der Waals surface area contributed by atoms with Gasteiger partial charge in [-0.1, -0.05) is 80.4 Å². The van der Waals surface area contributed by atoms with Gasteiger partial charge in [0.15, 0.2) is 0 Å². The summed E-state index contributed by atoms with van der Waals surface area (Å²) in [6.07, 6.45) is 9.25. The maximum atomic E-state index is 12.7. The molecule has 2 N–H and O–H groups in total. The van der Waals surface area contributed by atoms with Gasteiger partial charge in [-0.3, -0.25) is 14.8 Å². The number of hydroxylamine groups is 1. The van der Waals surface area contributed by atoms with E-state index in [9.17, 15) is 9.59 Å². The normalized spacial score (nSPS) is 15.4. The predicted octanol–water partition coefficient (Wildman–Crippen LogP) is 4.07. The van der Waals surface area contributed by atoms with Crippen LogP contribution < -0.4 is 5.48 Å². The van der Waals surface area contributed by atoms with E-state index in [1.165, 1.54) is 37.0 Å². The molecule has 0 aliphatic heterocycles. The third-order valence-corrected chi connectivity index (χ3v) is 6.04. The van der Waals surface area contributed by atoms with Crippen LogP contribution in [0.5, 0.6) is 0 Å². The van der Waals surface area contributed by atoms with Gasteiger partial charge in [0.25, 0.3) is 11.7 Å². The quantitative estimate of drug-likeness (QED) is 0.436. The molecule has 0 saturated heterocycles. The van der Waals surface area contributed by atoms with Crippen molar-refractivity contribution in [3.63, 3.8) is 0 Å². The van der Waals surface area contributed by atoms with E-state index in [0.29, 0.717) is 13.0 Å². The Morgan fingerprint density at radius 3 is 2.68 bits per heavy atom. The molecule has 1 fully saturated rings. The fraction of sp³-hybridized carbons (Fsp3) is 0.565. The van der Waals surface area contributed by atoms with Gasteiger partial charge in [0.1, 0.15) is 0 Å². The maximum Gasteiger partial charge on any atom is 0.295 e. The summed E-state index contributed by atoms with van der Waals surface area (Å²) in [5.74, 6) is -0.183. The Hall–Kier alpha value is -2.74. The first-order valence-electron chi connectivity index (χ1n) is 11.1. The zero-order valence-corrected chi connectivity index (χ0v) is 18.1. The monoisotopic (exact) mass is 428 g/mol. The lowest BCUT2D eigenvalue weighted by molar-refractivity contribution is -0.129. The van der Waals surface area contributed by atoms with E-state index >= 15 is 0 Å². The van der Waals surface area contributed by atoms with Crippen LogP contribution in [0.2, 0.25) is 0 Å². The predicted molar refractivity (Wildman–Crippen MR) is 114 cm³/mol. The molecule has 2 amide bonds. The van der Waals surface area contributed by atoms with Gasteiger partial charge in [0.05, 0.1) is 0 Å². The smallest absolute Gasteiger partial charge is 0.295 e. The van der Waals surface area contributed by atoms with E-state index in [1.54, 1.807) is 12.5 Å². The number of carbonyl (C=O) groups excluding carboxylic acids is 2. The van der Waals surface area contributed by atoms with Crippen molar-refractivity contribution in [1.29, 1.82) is 0 Å². The van der Waals surface area contributed by atoms with Crippen LogP contribution in [0.3, 0.4) is 0 Å². The van der Waals surface area contributed by atoms with Crippen LogP contribution in [0, 0.1) is 5.92 Å². The van der Waals surface area contributed by atoms with E-state index in [2.05, 4.69) is 10.1 Å². The molecule has 8 nitrogen and oxygen atoms in total. The zero-order valence-electron chi connectivity index (χ0n) is 18.1. The standard InChI is InChI=1S/C23H32N4O4/c1-27(16-18-11-6-3-7-12-18)23(29)21-24-22(31-26-21)19(15-20(28)25-30)14-8-13-17-9-4-2-5-10-17/h3,6-7,11-12,17,19,30H,2,4-5,8-10,13-16H2,1H3,(H,25,28)/t19-/m0/s1. The van der Waals surface area contributed by atoms with Crippen molar-refractivity contribution in [2.45, 2.75) is 70.3 Å². The first-order valence-corrected chi connectivity index (χ1v) is 11.1. The highest BCUT2D eigenvalue weighted by molar-refractivity contribution is 5.90. The Bertz CT molecular complexity index is 833. The minimum absolute atomic E-state index is 0.0184. The molecule has 1 saturated carbocycles. The number of hydrogen-bond acceptors (Lipinski definition) is 6. The third-order valence-electron chi connectivity index (χ3n) is 6.04. The molecule has 1 aliphatic carbocycles. The van der Waals surface area contributed by atoms with Gasteiger partial charge < -0.3 is 9.42 Å². The second-order valence-corrected chi connectivity index (χ2v) is 8.47. The molecule has 168 valence electrons. The van der Waals surface area contributed by atoms with E-state index in [-0.39, 0.29) is 30.0 Å². The van der Waals surface area contributed by atoms with Crippen LogP contribution in [-0.4, -0.2) is 39.1 Å². The van der Waals surface area contributed by atoms with Crippen LogP contribution in [0.4, 0.5) is 0 Å². The number of amides is 2. The number of carbonyl (C=O) groups is 2. The molecule has 1 aromatic heterocycles. The van der Waals surface area contributed by atoms with Crippen LogP contribution in [0.1, 0.15) is 85.8 Å². The van der Waals surface area contributed by atoms with Gasteiger partial charge in [-0.15, -0.1) is 0 Å². The van der Waals surface area contributed by atoms with Crippen molar-refractivity contribution in [2.75, 3.05) is 7.05 Å². The first kappa shape index (κ1) is 22.9. The highest BCUT2D eigenvalue weighted by atomic mass is 16.5. The largest absolute Gasteiger partial charge is 0.338 e. The minimum Gasteiger partial charge on any atom is -0.338 e. The van der Waals surface area contributed by atoms with Crippen molar-refractivity contribution in [2.24, 2.45) is 5.92 Å². The molecule has 1 atom stereocenters. The summed E-state index contributed by atoms with van der Waals surface area (Å²) in [5, 5.41) is 12.8. The summed E-state index contributed by atoms with van der Waals surface area (Å²) in [4.78, 5) is 30.3. The highest BCUT2D eigenvalue weighted by Gasteiger charge is 2.26. The second-order valence-electron chi connectivity index (χ2n) is 8.47. The fourth-order valence-corrected chi connectivity index (χ4v) is 4.30. The Morgan fingerprint density at radius 2 is 1.97 bits per heavy atom. The Morgan fingerprint density at radius 1 is 1.23 bits per heavy atom. The minimum atomic E-state index is -0.505. The van der Waals surface area contributed by atoms with Crippen molar-refractivity contribution in [1.82, 2.24) is 20.5 Å². The van der Waals surface area contributed by atoms with Crippen LogP contribution in [-0.2, 0) is 11.3 Å². The molecule has 0 bridgehead atoms. The van der Waals surface area contributed by atoms with E-state index in [0.717, 1.165) is 24.3 Å². The Balaban J connectivity index is 1.61. The molecule has 0 unspecified atom stereocenters. The average molecular weight is 429 g/mol. The number of hydrogen-bond donors (Lipinski definition) is 2. The molecule has 1 aliphatic rings. The Labute approximate surface area is 183 Å². The van der Waals surface area contributed by atoms with E-state index in [4.69, 9.17) is 9.73 Å². The maximum absolute atomic E-state index is 12.7. The van der Waals surface area contributed by atoms with Gasteiger partial charge in [-0.2, -0.15) is 4.98 Å². The molecule has 8 heteroatoms. The van der Waals surface area contributed by atoms with Crippen molar-refractivity contribution >= 4 is 11.8 Å². The number of benzene rings is 1. The molecule has 0 spiro atoms. The van der Waals surface area contributed by atoms with Gasteiger partial charge in [-0.25, -0.2) is 5.48 Å². The number of aromatic nitrogens is 2. The summed E-state index contributed by atoms with van der Waals surface area (Å²) in [6.45, 7) is 0.432. The third kappa shape index (κ3) is 6.89. The molecule has 1 heterocycles. The van der Waals surface area contributed by atoms with Gasteiger partial charge in [0.2, 0.25) is 11.8 Å². The molecule has 1 aromatic carbocycles. The average Bonchev–Trinajstić information content (AvgIpc) is 3.29. The lowest BCUT2D eigenvalue weighted by atomic mass is 9.84. The SMILES string of the molecule is CN(Cc1ccccc1)C(=O)c1noc([C@@H](CCCC2CCCCC2)CC(=O)NO)n1. The summed E-state index contributed by atoms with van der Waals surface area (Å²) >= 11 is 0. The molecule has 31 heavy (non-hydrogen) atoms. The molecule has 2 aromatic rings. The molecule has 3 rings (SSSR count). The lowest BCUT2D eigenvalue weighted by Crippen LogP contribution is -2.27. The van der Waals surface area contributed by atoms with Crippen LogP contribution in [0.25, 0.3) is 0 Å². The molecular weight excluding hydrogens is 396 g/mol. The highest BCUT2D eigenvalue weighted by Crippen LogP contribution is 2.31. The summed E-state index contributed by atoms with van der Waals surface area (Å²) < 4.78 is 5.37. The second kappa shape index (κ2) is 11.6. The van der Waals surface area contributed by atoms with Gasteiger partial charge in [0, 0.05) is 25.9 Å². The number of nitrogens with one attached hydrogen (secondary N) is 1. The van der Waals surface area contributed by atoms with E-state index in [1.807, 2.05) is 30.3 Å². The van der Waals surface area contributed by atoms with E-state index < -0.39 is 5.91 Å². The first-order chi connectivity index (χ1) is 15.1. The topological polar surface area (TPSA) is 109 Å². The number of rotatable bonds is 10. The van der Waals surface area contributed by atoms with Crippen molar-refractivity contribution in [3.05, 3.63) is 47.6 Å². The van der Waals surface area contributed by atoms with Gasteiger partial charge in [-0.05, 0) is 17.9 Å². The lowest BCUT2D eigenvalue weighted by Gasteiger charge is -2.22. The van der Waals surface area contributed by atoms with Crippen molar-refractivity contribution < 1.29 is 19.3 Å². The zero-order chi connectivity index (χ0) is 22.1. The number of nitrogens with zero attached hydrogens (tertiary/aromatic N) is 3. The fourth-order valence-electron chi connectivity index (χ4n) is 4.30. The van der Waals surface area contributed by atoms with Crippen molar-refractivity contribution in [3.8, 4) is 0 Å². The van der Waals surface area contributed by atoms with Crippen LogP contribution >= 0.6 is 0 Å². The summed E-state index contributed by atoms with van der Waals surface area (Å²) in [6, 6.07) is 9.66. The summed E-state index contributed by atoms with van der Waals surface area (Å²) in [7, 11) is 1.69. The van der Waals surface area contributed by atoms with Crippen LogP contribution in [0.15, 0.2) is 34.9 Å².